The number of para-hydroxylation sites is 1. The molecule has 196 valence electrons. The molecule has 4 rings (SSSR count). The summed E-state index contributed by atoms with van der Waals surface area (Å²) >= 11 is 0. The molecule has 0 aliphatic carbocycles. The Bertz CT molecular complexity index is 1190. The van der Waals surface area contributed by atoms with Crippen LogP contribution in [0, 0.1) is 0 Å². The number of hydrogen-bond donors (Lipinski definition) is 1. The van der Waals surface area contributed by atoms with Gasteiger partial charge in [-0.05, 0) is 49.9 Å². The first kappa shape index (κ1) is 27.4. The Morgan fingerprint density at radius 3 is 2.17 bits per heavy atom. The van der Waals surface area contributed by atoms with Crippen molar-refractivity contribution in [1.82, 2.24) is 9.21 Å². The maximum Gasteiger partial charge on any atom is 0.490 e. The Kier molecular flexibility index (Phi) is 7.96. The van der Waals surface area contributed by atoms with Crippen molar-refractivity contribution in [2.24, 2.45) is 0 Å². The van der Waals surface area contributed by atoms with Gasteiger partial charge >= 0.3 is 12.1 Å². The van der Waals surface area contributed by atoms with Gasteiger partial charge in [-0.3, -0.25) is 9.69 Å². The Labute approximate surface area is 206 Å². The van der Waals surface area contributed by atoms with E-state index in [0.29, 0.717) is 31.8 Å². The van der Waals surface area contributed by atoms with E-state index < -0.39 is 27.7 Å². The molecule has 0 saturated carbocycles. The predicted molar refractivity (Wildman–Crippen MR) is 124 cm³/mol. The zero-order valence-corrected chi connectivity index (χ0v) is 20.4. The van der Waals surface area contributed by atoms with Gasteiger partial charge in [-0.25, -0.2) is 13.2 Å². The number of carboxylic acid groups (broad SMARTS) is 1. The molecule has 2 aromatic carbocycles. The van der Waals surface area contributed by atoms with Crippen LogP contribution < -0.4 is 9.64 Å². The lowest BCUT2D eigenvalue weighted by atomic mass is 9.92. The van der Waals surface area contributed by atoms with E-state index in [1.54, 1.807) is 36.3 Å². The second-order valence-corrected chi connectivity index (χ2v) is 10.4. The van der Waals surface area contributed by atoms with Gasteiger partial charge in [0.15, 0.2) is 0 Å². The topological polar surface area (TPSA) is 107 Å². The van der Waals surface area contributed by atoms with Crippen molar-refractivity contribution in [3.05, 3.63) is 54.6 Å². The van der Waals surface area contributed by atoms with Crippen molar-refractivity contribution in [2.75, 3.05) is 45.2 Å². The first-order valence-electron chi connectivity index (χ1n) is 10.8. The third-order valence-electron chi connectivity index (χ3n) is 6.24. The molecule has 1 atom stereocenters. The van der Waals surface area contributed by atoms with Gasteiger partial charge < -0.3 is 14.7 Å². The first-order valence-corrected chi connectivity index (χ1v) is 12.3. The lowest BCUT2D eigenvalue weighted by Crippen LogP contribution is -2.64. The number of piperazine rings is 1. The molecule has 1 unspecified atom stereocenters. The van der Waals surface area contributed by atoms with Crippen LogP contribution in [0.5, 0.6) is 5.75 Å². The maximum absolute atomic E-state index is 13.2. The molecule has 0 bridgehead atoms. The quantitative estimate of drug-likeness (QED) is 0.648. The Balaban J connectivity index is 0.000000454. The molecule has 36 heavy (non-hydrogen) atoms. The molecule has 2 fully saturated rings. The molecule has 1 spiro atoms. The third-order valence-corrected chi connectivity index (χ3v) is 8.10. The Morgan fingerprint density at radius 2 is 1.64 bits per heavy atom. The Morgan fingerprint density at radius 1 is 1.06 bits per heavy atom. The van der Waals surface area contributed by atoms with Crippen molar-refractivity contribution in [2.45, 2.75) is 23.0 Å². The van der Waals surface area contributed by atoms with Crippen LogP contribution >= 0.6 is 0 Å². The number of benzene rings is 2. The van der Waals surface area contributed by atoms with Gasteiger partial charge in [0.05, 0.1) is 24.1 Å². The number of alkyl halides is 3. The predicted octanol–water partition coefficient (Wildman–Crippen LogP) is 2.44. The number of carbonyl (C=O) groups excluding carboxylic acids is 1. The van der Waals surface area contributed by atoms with E-state index in [1.807, 2.05) is 42.3 Å². The second-order valence-electron chi connectivity index (χ2n) is 8.46. The molecule has 0 aromatic heterocycles. The number of likely N-dealkylation sites (N-methyl/N-ethyl adjacent to an activating group) is 1. The number of hydrogen-bond acceptors (Lipinski definition) is 6. The number of aliphatic carboxylic acids is 1. The zero-order valence-electron chi connectivity index (χ0n) is 19.6. The molecule has 9 nitrogen and oxygen atoms in total. The van der Waals surface area contributed by atoms with Crippen molar-refractivity contribution in [1.29, 1.82) is 0 Å². The SMILES string of the molecule is COc1ccc(S(=O)(=O)N2CCC3(CN(c4ccccc4)C(=O)CN3C)C2)cc1.O=C(O)C(F)(F)F. The first-order chi connectivity index (χ1) is 16.8. The zero-order chi connectivity index (χ0) is 26.7. The van der Waals surface area contributed by atoms with Crippen molar-refractivity contribution >= 4 is 27.6 Å². The highest BCUT2D eigenvalue weighted by atomic mass is 32.2. The number of nitrogens with zero attached hydrogens (tertiary/aromatic N) is 3. The lowest BCUT2D eigenvalue weighted by Gasteiger charge is -2.46. The molecule has 13 heteroatoms. The standard InChI is InChI=1S/C21H25N3O4S.C2HF3O2/c1-22-14-20(25)24(17-6-4-3-5-7-17)16-21(22)12-13-23(15-21)29(26,27)19-10-8-18(28-2)9-11-19;3-2(4,5)1(6)7/h3-11H,12-16H2,1-2H3;(H,6,7). The lowest BCUT2D eigenvalue weighted by molar-refractivity contribution is -0.192. The minimum atomic E-state index is -5.08. The van der Waals surface area contributed by atoms with Gasteiger partial charge in [0.2, 0.25) is 15.9 Å². The molecule has 2 saturated heterocycles. The average Bonchev–Trinajstić information content (AvgIpc) is 3.28. The molecule has 0 radical (unpaired) electrons. The fraction of sp³-hybridized carbons (Fsp3) is 0.391. The summed E-state index contributed by atoms with van der Waals surface area (Å²) in [5, 5.41) is 7.12. The molecule has 2 aliphatic rings. The van der Waals surface area contributed by atoms with Gasteiger partial charge in [0, 0.05) is 25.3 Å². The Hall–Kier alpha value is -3.16. The number of methoxy groups -OCH3 is 1. The number of carboxylic acids is 1. The van der Waals surface area contributed by atoms with Crippen LogP contribution in [0.1, 0.15) is 6.42 Å². The van der Waals surface area contributed by atoms with Crippen LogP contribution in [0.4, 0.5) is 18.9 Å². The minimum Gasteiger partial charge on any atom is -0.497 e. The van der Waals surface area contributed by atoms with Crippen molar-refractivity contribution in [3.63, 3.8) is 0 Å². The van der Waals surface area contributed by atoms with Crippen LogP contribution in [0.2, 0.25) is 0 Å². The number of anilines is 1. The largest absolute Gasteiger partial charge is 0.497 e. The minimum absolute atomic E-state index is 0.0285. The van der Waals surface area contributed by atoms with Crippen LogP contribution in [0.3, 0.4) is 0 Å². The summed E-state index contributed by atoms with van der Waals surface area (Å²) in [5.41, 5.74) is 0.449. The number of amides is 1. The summed E-state index contributed by atoms with van der Waals surface area (Å²) in [6, 6.07) is 16.0. The number of halogens is 3. The normalized spacial score (nSPS) is 21.2. The fourth-order valence-electron chi connectivity index (χ4n) is 4.16. The summed E-state index contributed by atoms with van der Waals surface area (Å²) in [6.45, 7) is 1.52. The van der Waals surface area contributed by atoms with Crippen molar-refractivity contribution in [3.8, 4) is 5.75 Å². The van der Waals surface area contributed by atoms with Gasteiger partial charge in [-0.15, -0.1) is 0 Å². The number of sulfonamides is 1. The number of ether oxygens (including phenoxy) is 1. The van der Waals surface area contributed by atoms with E-state index in [2.05, 4.69) is 0 Å². The van der Waals surface area contributed by atoms with Crippen LogP contribution in [-0.2, 0) is 19.6 Å². The van der Waals surface area contributed by atoms with Crippen LogP contribution in [-0.4, -0.2) is 86.7 Å². The summed E-state index contributed by atoms with van der Waals surface area (Å²) < 4.78 is 64.7. The molecule has 1 amide bonds. The number of carbonyl (C=O) groups is 2. The van der Waals surface area contributed by atoms with E-state index in [-0.39, 0.29) is 17.3 Å². The fourth-order valence-corrected chi connectivity index (χ4v) is 5.68. The van der Waals surface area contributed by atoms with Gasteiger partial charge in [0.25, 0.3) is 0 Å². The van der Waals surface area contributed by atoms with Gasteiger partial charge in [0.1, 0.15) is 5.75 Å². The summed E-state index contributed by atoms with van der Waals surface area (Å²) in [6.07, 6.45) is -4.41. The number of rotatable bonds is 4. The summed E-state index contributed by atoms with van der Waals surface area (Å²) in [4.78, 5) is 25.6. The van der Waals surface area contributed by atoms with Crippen molar-refractivity contribution < 1.29 is 41.0 Å². The average molecular weight is 530 g/mol. The summed E-state index contributed by atoms with van der Waals surface area (Å²) in [5.74, 6) is -2.11. The van der Waals surface area contributed by atoms with Crippen LogP contribution in [0.25, 0.3) is 0 Å². The van der Waals surface area contributed by atoms with E-state index in [4.69, 9.17) is 14.6 Å². The maximum atomic E-state index is 13.2. The van der Waals surface area contributed by atoms with Gasteiger partial charge in [-0.2, -0.15) is 17.5 Å². The summed E-state index contributed by atoms with van der Waals surface area (Å²) in [7, 11) is -0.156. The highest BCUT2D eigenvalue weighted by Crippen LogP contribution is 2.36. The van der Waals surface area contributed by atoms with E-state index in [1.165, 1.54) is 4.31 Å². The van der Waals surface area contributed by atoms with E-state index in [9.17, 15) is 26.4 Å². The van der Waals surface area contributed by atoms with E-state index >= 15 is 0 Å². The monoisotopic (exact) mass is 529 g/mol. The highest BCUT2D eigenvalue weighted by Gasteiger charge is 2.50. The molecule has 2 aromatic rings. The molecule has 1 N–H and O–H groups in total. The third kappa shape index (κ3) is 5.79. The van der Waals surface area contributed by atoms with Gasteiger partial charge in [-0.1, -0.05) is 18.2 Å². The van der Waals surface area contributed by atoms with E-state index in [0.717, 1.165) is 5.69 Å². The molecular weight excluding hydrogens is 503 g/mol. The molecular formula is C23H26F3N3O6S. The molecule has 2 heterocycles. The highest BCUT2D eigenvalue weighted by molar-refractivity contribution is 7.89. The molecule has 2 aliphatic heterocycles. The second kappa shape index (κ2) is 10.4. The smallest absolute Gasteiger partial charge is 0.490 e. The van der Waals surface area contributed by atoms with Crippen LogP contribution in [0.15, 0.2) is 59.5 Å².